The van der Waals surface area contributed by atoms with Crippen molar-refractivity contribution in [2.45, 2.75) is 38.8 Å². The lowest BCUT2D eigenvalue weighted by molar-refractivity contribution is 0.0887. The molecular formula is C14H20FNO. The highest BCUT2D eigenvalue weighted by molar-refractivity contribution is 5.24. The fourth-order valence-electron chi connectivity index (χ4n) is 2.44. The molecule has 3 heteroatoms. The van der Waals surface area contributed by atoms with Crippen LogP contribution in [0.4, 0.5) is 4.39 Å². The third kappa shape index (κ3) is 3.79. The molecule has 1 aromatic carbocycles. The minimum Gasteiger partial charge on any atom is -0.376 e. The Morgan fingerprint density at radius 3 is 2.59 bits per heavy atom. The molecule has 0 aromatic heterocycles. The molecule has 0 unspecified atom stereocenters. The SMILES string of the molecule is NCc1cc(F)cc(COCC2CCCC2)c1. The second kappa shape index (κ2) is 6.12. The molecule has 2 rings (SSSR count). The van der Waals surface area contributed by atoms with Gasteiger partial charge in [-0.3, -0.25) is 0 Å². The van der Waals surface area contributed by atoms with Gasteiger partial charge in [-0.2, -0.15) is 0 Å². The lowest BCUT2D eigenvalue weighted by Gasteiger charge is -2.10. The van der Waals surface area contributed by atoms with E-state index < -0.39 is 0 Å². The molecule has 0 spiro atoms. The molecule has 1 aliphatic rings. The van der Waals surface area contributed by atoms with Gasteiger partial charge in [-0.1, -0.05) is 18.9 Å². The van der Waals surface area contributed by atoms with Gasteiger partial charge in [-0.15, -0.1) is 0 Å². The second-order valence-corrected chi connectivity index (χ2v) is 4.84. The number of rotatable bonds is 5. The van der Waals surface area contributed by atoms with Crippen molar-refractivity contribution in [3.8, 4) is 0 Å². The van der Waals surface area contributed by atoms with Gasteiger partial charge in [0, 0.05) is 13.2 Å². The van der Waals surface area contributed by atoms with E-state index >= 15 is 0 Å². The van der Waals surface area contributed by atoms with Crippen molar-refractivity contribution in [3.05, 3.63) is 35.1 Å². The fraction of sp³-hybridized carbons (Fsp3) is 0.571. The van der Waals surface area contributed by atoms with Gasteiger partial charge in [0.25, 0.3) is 0 Å². The molecular weight excluding hydrogens is 217 g/mol. The van der Waals surface area contributed by atoms with Gasteiger partial charge in [-0.25, -0.2) is 4.39 Å². The number of ether oxygens (including phenoxy) is 1. The average molecular weight is 237 g/mol. The average Bonchev–Trinajstić information content (AvgIpc) is 2.81. The predicted octanol–water partition coefficient (Wildman–Crippen LogP) is 2.99. The van der Waals surface area contributed by atoms with Crippen molar-refractivity contribution in [1.29, 1.82) is 0 Å². The van der Waals surface area contributed by atoms with Crippen molar-refractivity contribution in [2.24, 2.45) is 11.7 Å². The van der Waals surface area contributed by atoms with Gasteiger partial charge in [0.1, 0.15) is 5.82 Å². The van der Waals surface area contributed by atoms with Crippen molar-refractivity contribution in [2.75, 3.05) is 6.61 Å². The van der Waals surface area contributed by atoms with Crippen LogP contribution < -0.4 is 5.73 Å². The molecule has 0 radical (unpaired) electrons. The highest BCUT2D eigenvalue weighted by atomic mass is 19.1. The minimum absolute atomic E-state index is 0.229. The first-order valence-electron chi connectivity index (χ1n) is 6.34. The van der Waals surface area contributed by atoms with E-state index in [0.717, 1.165) is 17.7 Å². The summed E-state index contributed by atoms with van der Waals surface area (Å²) in [4.78, 5) is 0. The summed E-state index contributed by atoms with van der Waals surface area (Å²) < 4.78 is 18.9. The molecule has 0 amide bonds. The van der Waals surface area contributed by atoms with Crippen LogP contribution in [0.5, 0.6) is 0 Å². The molecule has 94 valence electrons. The van der Waals surface area contributed by atoms with Gasteiger partial charge in [0.2, 0.25) is 0 Å². The van der Waals surface area contributed by atoms with Gasteiger partial charge in [-0.05, 0) is 42.0 Å². The first kappa shape index (κ1) is 12.5. The standard InChI is InChI=1S/C14H20FNO/c15-14-6-12(8-16)5-13(7-14)10-17-9-11-3-1-2-4-11/h5-7,11H,1-4,8-10,16H2. The van der Waals surface area contributed by atoms with Crippen molar-refractivity contribution < 1.29 is 9.13 Å². The maximum Gasteiger partial charge on any atom is 0.123 e. The van der Waals surface area contributed by atoms with Gasteiger partial charge >= 0.3 is 0 Å². The third-order valence-electron chi connectivity index (χ3n) is 3.35. The Hall–Kier alpha value is -0.930. The quantitative estimate of drug-likeness (QED) is 0.854. The summed E-state index contributed by atoms with van der Waals surface area (Å²) in [6, 6.07) is 4.91. The Morgan fingerprint density at radius 1 is 1.18 bits per heavy atom. The van der Waals surface area contributed by atoms with E-state index in [0.29, 0.717) is 19.1 Å². The van der Waals surface area contributed by atoms with Gasteiger partial charge in [0.15, 0.2) is 0 Å². The smallest absolute Gasteiger partial charge is 0.123 e. The predicted molar refractivity (Wildman–Crippen MR) is 65.9 cm³/mol. The number of benzene rings is 1. The van der Waals surface area contributed by atoms with Crippen LogP contribution in [-0.4, -0.2) is 6.61 Å². The Kier molecular flexibility index (Phi) is 4.51. The summed E-state index contributed by atoms with van der Waals surface area (Å²) in [7, 11) is 0. The summed E-state index contributed by atoms with van der Waals surface area (Å²) in [5, 5.41) is 0. The minimum atomic E-state index is -0.229. The summed E-state index contributed by atoms with van der Waals surface area (Å²) in [6.45, 7) is 1.66. The molecule has 0 bridgehead atoms. The van der Waals surface area contributed by atoms with E-state index in [9.17, 15) is 4.39 Å². The molecule has 1 saturated carbocycles. The summed E-state index contributed by atoms with van der Waals surface area (Å²) in [5.41, 5.74) is 7.21. The van der Waals surface area contributed by atoms with Gasteiger partial charge in [0.05, 0.1) is 6.61 Å². The van der Waals surface area contributed by atoms with Crippen LogP contribution in [-0.2, 0) is 17.9 Å². The van der Waals surface area contributed by atoms with E-state index in [1.54, 1.807) is 0 Å². The highest BCUT2D eigenvalue weighted by Gasteiger charge is 2.14. The Balaban J connectivity index is 1.83. The molecule has 2 nitrogen and oxygen atoms in total. The van der Waals surface area contributed by atoms with Crippen molar-refractivity contribution in [3.63, 3.8) is 0 Å². The largest absolute Gasteiger partial charge is 0.376 e. The lowest BCUT2D eigenvalue weighted by Crippen LogP contribution is -2.06. The maximum atomic E-state index is 13.2. The molecule has 1 aliphatic carbocycles. The van der Waals surface area contributed by atoms with E-state index in [4.69, 9.17) is 10.5 Å². The maximum absolute atomic E-state index is 13.2. The molecule has 1 aromatic rings. The van der Waals surface area contributed by atoms with Gasteiger partial charge < -0.3 is 10.5 Å². The van der Waals surface area contributed by atoms with Crippen LogP contribution >= 0.6 is 0 Å². The summed E-state index contributed by atoms with van der Waals surface area (Å²) in [5.74, 6) is 0.477. The van der Waals surface area contributed by atoms with E-state index in [1.807, 2.05) is 6.07 Å². The molecule has 0 atom stereocenters. The normalized spacial score (nSPS) is 16.6. The first-order valence-corrected chi connectivity index (χ1v) is 6.34. The molecule has 2 N–H and O–H groups in total. The number of hydrogen-bond donors (Lipinski definition) is 1. The monoisotopic (exact) mass is 237 g/mol. The Bertz CT molecular complexity index is 361. The number of halogens is 1. The zero-order valence-corrected chi connectivity index (χ0v) is 10.1. The van der Waals surface area contributed by atoms with Crippen molar-refractivity contribution in [1.82, 2.24) is 0 Å². The van der Waals surface area contributed by atoms with E-state index in [1.165, 1.54) is 37.8 Å². The zero-order valence-electron chi connectivity index (χ0n) is 10.1. The van der Waals surface area contributed by atoms with Crippen molar-refractivity contribution >= 4 is 0 Å². The molecule has 0 heterocycles. The van der Waals surface area contributed by atoms with Crippen LogP contribution in [0.1, 0.15) is 36.8 Å². The van der Waals surface area contributed by atoms with Crippen LogP contribution in [0.25, 0.3) is 0 Å². The lowest BCUT2D eigenvalue weighted by atomic mass is 10.1. The summed E-state index contributed by atoms with van der Waals surface area (Å²) >= 11 is 0. The third-order valence-corrected chi connectivity index (χ3v) is 3.35. The highest BCUT2D eigenvalue weighted by Crippen LogP contribution is 2.25. The Morgan fingerprint density at radius 2 is 1.88 bits per heavy atom. The van der Waals surface area contributed by atoms with Crippen LogP contribution in [0.2, 0.25) is 0 Å². The molecule has 0 saturated heterocycles. The van der Waals surface area contributed by atoms with E-state index in [-0.39, 0.29) is 5.82 Å². The molecule has 17 heavy (non-hydrogen) atoms. The topological polar surface area (TPSA) is 35.2 Å². The summed E-state index contributed by atoms with van der Waals surface area (Å²) in [6.07, 6.45) is 5.20. The number of hydrogen-bond acceptors (Lipinski definition) is 2. The molecule has 1 fully saturated rings. The first-order chi connectivity index (χ1) is 8.28. The zero-order chi connectivity index (χ0) is 12.1. The molecule has 0 aliphatic heterocycles. The number of nitrogens with two attached hydrogens (primary N) is 1. The van der Waals surface area contributed by atoms with Crippen LogP contribution in [0.3, 0.4) is 0 Å². The second-order valence-electron chi connectivity index (χ2n) is 4.84. The fourth-order valence-corrected chi connectivity index (χ4v) is 2.44. The van der Waals surface area contributed by atoms with Crippen LogP contribution in [0, 0.1) is 11.7 Å². The van der Waals surface area contributed by atoms with Crippen LogP contribution in [0.15, 0.2) is 18.2 Å². The Labute approximate surface area is 102 Å². The van der Waals surface area contributed by atoms with E-state index in [2.05, 4.69) is 0 Å².